The molecule has 1 aliphatic heterocycles. The van der Waals surface area contributed by atoms with Crippen LogP contribution in [0.5, 0.6) is 11.5 Å². The van der Waals surface area contributed by atoms with Crippen molar-refractivity contribution in [3.05, 3.63) is 53.6 Å². The van der Waals surface area contributed by atoms with Gasteiger partial charge < -0.3 is 24.4 Å². The minimum Gasteiger partial charge on any atom is -0.497 e. The minimum absolute atomic E-state index is 0.0739. The summed E-state index contributed by atoms with van der Waals surface area (Å²) in [6.45, 7) is 0.659. The van der Waals surface area contributed by atoms with Gasteiger partial charge in [-0.1, -0.05) is 0 Å². The fourth-order valence-electron chi connectivity index (χ4n) is 3.43. The van der Waals surface area contributed by atoms with Crippen molar-refractivity contribution in [1.82, 2.24) is 4.90 Å². The van der Waals surface area contributed by atoms with Crippen molar-refractivity contribution in [2.75, 3.05) is 33.2 Å². The van der Waals surface area contributed by atoms with E-state index in [1.807, 2.05) is 18.2 Å². The van der Waals surface area contributed by atoms with Crippen LogP contribution in [0.15, 0.2) is 42.5 Å². The Kier molecular flexibility index (Phi) is 6.03. The molecule has 0 aliphatic carbocycles. The van der Waals surface area contributed by atoms with E-state index < -0.39 is 5.97 Å². The van der Waals surface area contributed by atoms with Gasteiger partial charge in [-0.3, -0.25) is 0 Å². The number of amides is 2. The number of ether oxygens (including phenoxy) is 3. The quantitative estimate of drug-likeness (QED) is 0.792. The monoisotopic (exact) mass is 384 g/mol. The Labute approximate surface area is 164 Å². The van der Waals surface area contributed by atoms with Gasteiger partial charge in [0.25, 0.3) is 0 Å². The standard InChI is InChI=1S/C21H24N2O5/c1-26-16-10-11-17(19(13-16)27-2)18-5-4-12-23(18)21(25)22-15-8-6-14(7-9-15)20(24)28-3/h6-11,13,18H,4-5,12H2,1-3H3,(H,22,25)/t18-/m1/s1. The Balaban J connectivity index is 1.75. The molecule has 1 atom stereocenters. The molecular formula is C21H24N2O5. The summed E-state index contributed by atoms with van der Waals surface area (Å²) in [5, 5.41) is 2.90. The van der Waals surface area contributed by atoms with E-state index >= 15 is 0 Å². The molecule has 1 saturated heterocycles. The molecule has 1 aliphatic rings. The summed E-state index contributed by atoms with van der Waals surface area (Å²) in [6.07, 6.45) is 1.77. The number of carbonyl (C=O) groups is 2. The van der Waals surface area contributed by atoms with E-state index in [1.54, 1.807) is 43.4 Å². The number of nitrogens with one attached hydrogen (secondary N) is 1. The zero-order valence-electron chi connectivity index (χ0n) is 16.2. The van der Waals surface area contributed by atoms with E-state index in [1.165, 1.54) is 7.11 Å². The zero-order valence-corrected chi connectivity index (χ0v) is 16.2. The van der Waals surface area contributed by atoms with Crippen LogP contribution in [0.2, 0.25) is 0 Å². The first kappa shape index (κ1) is 19.5. The second-order valence-electron chi connectivity index (χ2n) is 6.46. The van der Waals surface area contributed by atoms with Crippen molar-refractivity contribution in [3.63, 3.8) is 0 Å². The number of anilines is 1. The number of esters is 1. The molecule has 7 heteroatoms. The van der Waals surface area contributed by atoms with Gasteiger partial charge in [0.05, 0.1) is 32.9 Å². The third-order valence-electron chi connectivity index (χ3n) is 4.87. The molecule has 2 aromatic rings. The lowest BCUT2D eigenvalue weighted by Gasteiger charge is -2.26. The van der Waals surface area contributed by atoms with Gasteiger partial charge >= 0.3 is 12.0 Å². The predicted molar refractivity (Wildman–Crippen MR) is 105 cm³/mol. The van der Waals surface area contributed by atoms with Crippen molar-refractivity contribution >= 4 is 17.7 Å². The molecule has 0 aromatic heterocycles. The first-order valence-electron chi connectivity index (χ1n) is 9.05. The Hall–Kier alpha value is -3.22. The van der Waals surface area contributed by atoms with Gasteiger partial charge in [0.15, 0.2) is 0 Å². The second kappa shape index (κ2) is 8.65. The molecule has 1 fully saturated rings. The summed E-state index contributed by atoms with van der Waals surface area (Å²) >= 11 is 0. The van der Waals surface area contributed by atoms with E-state index in [2.05, 4.69) is 10.1 Å². The molecule has 1 N–H and O–H groups in total. The number of benzene rings is 2. The summed E-state index contributed by atoms with van der Waals surface area (Å²) in [7, 11) is 4.55. The molecule has 0 radical (unpaired) electrons. The van der Waals surface area contributed by atoms with Crippen molar-refractivity contribution in [2.24, 2.45) is 0 Å². The van der Waals surface area contributed by atoms with Crippen LogP contribution in [0.25, 0.3) is 0 Å². The zero-order chi connectivity index (χ0) is 20.1. The molecule has 2 amide bonds. The number of carbonyl (C=O) groups excluding carboxylic acids is 2. The number of methoxy groups -OCH3 is 3. The maximum absolute atomic E-state index is 12.9. The lowest BCUT2D eigenvalue weighted by atomic mass is 10.0. The van der Waals surface area contributed by atoms with Crippen LogP contribution in [-0.4, -0.2) is 44.8 Å². The van der Waals surface area contributed by atoms with Gasteiger partial charge in [-0.05, 0) is 49.2 Å². The predicted octanol–water partition coefficient (Wildman–Crippen LogP) is 3.86. The Morgan fingerprint density at radius 2 is 1.79 bits per heavy atom. The Morgan fingerprint density at radius 3 is 2.43 bits per heavy atom. The van der Waals surface area contributed by atoms with E-state index in [0.717, 1.165) is 18.4 Å². The summed E-state index contributed by atoms with van der Waals surface area (Å²) in [4.78, 5) is 26.2. The lowest BCUT2D eigenvalue weighted by molar-refractivity contribution is 0.0600. The maximum atomic E-state index is 12.9. The Morgan fingerprint density at radius 1 is 1.04 bits per heavy atom. The molecule has 0 bridgehead atoms. The molecule has 3 rings (SSSR count). The molecule has 148 valence electrons. The highest BCUT2D eigenvalue weighted by Crippen LogP contribution is 2.38. The molecule has 28 heavy (non-hydrogen) atoms. The SMILES string of the molecule is COC(=O)c1ccc(NC(=O)N2CCC[C@@H]2c2ccc(OC)cc2OC)cc1. The topological polar surface area (TPSA) is 77.1 Å². The van der Waals surface area contributed by atoms with Crippen LogP contribution in [0.3, 0.4) is 0 Å². The highest BCUT2D eigenvalue weighted by molar-refractivity contribution is 5.92. The number of hydrogen-bond donors (Lipinski definition) is 1. The molecule has 2 aromatic carbocycles. The van der Waals surface area contributed by atoms with Crippen molar-refractivity contribution in [3.8, 4) is 11.5 Å². The van der Waals surface area contributed by atoms with Crippen LogP contribution in [0.1, 0.15) is 34.8 Å². The van der Waals surface area contributed by atoms with Gasteiger partial charge in [-0.15, -0.1) is 0 Å². The first-order valence-corrected chi connectivity index (χ1v) is 9.05. The third kappa shape index (κ3) is 4.03. The molecule has 1 heterocycles. The average molecular weight is 384 g/mol. The van der Waals surface area contributed by atoms with E-state index in [4.69, 9.17) is 9.47 Å². The number of rotatable bonds is 5. The van der Waals surface area contributed by atoms with Gasteiger partial charge in [0, 0.05) is 23.9 Å². The fourth-order valence-corrected chi connectivity index (χ4v) is 3.43. The molecule has 0 spiro atoms. The molecule has 0 unspecified atom stereocenters. The largest absolute Gasteiger partial charge is 0.497 e. The summed E-state index contributed by atoms with van der Waals surface area (Å²) in [5.74, 6) is 0.996. The van der Waals surface area contributed by atoms with Crippen LogP contribution < -0.4 is 14.8 Å². The molecule has 7 nitrogen and oxygen atoms in total. The average Bonchev–Trinajstić information content (AvgIpc) is 3.23. The second-order valence-corrected chi connectivity index (χ2v) is 6.46. The van der Waals surface area contributed by atoms with Crippen LogP contribution in [-0.2, 0) is 4.74 Å². The van der Waals surface area contributed by atoms with Crippen LogP contribution in [0.4, 0.5) is 10.5 Å². The summed E-state index contributed by atoms with van der Waals surface area (Å²) < 4.78 is 15.5. The van der Waals surface area contributed by atoms with Crippen molar-refractivity contribution in [1.29, 1.82) is 0 Å². The summed E-state index contributed by atoms with van der Waals surface area (Å²) in [6, 6.07) is 12.0. The number of nitrogens with zero attached hydrogens (tertiary/aromatic N) is 1. The van der Waals surface area contributed by atoms with Crippen molar-refractivity contribution < 1.29 is 23.8 Å². The van der Waals surface area contributed by atoms with E-state index in [-0.39, 0.29) is 12.1 Å². The van der Waals surface area contributed by atoms with E-state index in [9.17, 15) is 9.59 Å². The molecular weight excluding hydrogens is 360 g/mol. The normalized spacial score (nSPS) is 15.8. The number of hydrogen-bond acceptors (Lipinski definition) is 5. The third-order valence-corrected chi connectivity index (χ3v) is 4.87. The smallest absolute Gasteiger partial charge is 0.337 e. The maximum Gasteiger partial charge on any atom is 0.337 e. The van der Waals surface area contributed by atoms with Gasteiger partial charge in [0.1, 0.15) is 11.5 Å². The van der Waals surface area contributed by atoms with Crippen LogP contribution >= 0.6 is 0 Å². The van der Waals surface area contributed by atoms with Gasteiger partial charge in [0.2, 0.25) is 0 Å². The van der Waals surface area contributed by atoms with Gasteiger partial charge in [-0.2, -0.15) is 0 Å². The highest BCUT2D eigenvalue weighted by atomic mass is 16.5. The highest BCUT2D eigenvalue weighted by Gasteiger charge is 2.32. The minimum atomic E-state index is -0.413. The van der Waals surface area contributed by atoms with Crippen LogP contribution in [0, 0.1) is 0 Å². The van der Waals surface area contributed by atoms with Gasteiger partial charge in [-0.25, -0.2) is 9.59 Å². The molecule has 0 saturated carbocycles. The first-order chi connectivity index (χ1) is 13.6. The fraction of sp³-hybridized carbons (Fsp3) is 0.333. The summed E-state index contributed by atoms with van der Waals surface area (Å²) in [5.41, 5.74) is 2.00. The van der Waals surface area contributed by atoms with Crippen molar-refractivity contribution in [2.45, 2.75) is 18.9 Å². The number of likely N-dealkylation sites (tertiary alicyclic amines) is 1. The number of urea groups is 1. The lowest BCUT2D eigenvalue weighted by Crippen LogP contribution is -2.34. The Bertz CT molecular complexity index is 850. The van der Waals surface area contributed by atoms with E-state index in [0.29, 0.717) is 29.3 Å².